The fourth-order valence-corrected chi connectivity index (χ4v) is 3.19. The Morgan fingerprint density at radius 3 is 2.07 bits per heavy atom. The van der Waals surface area contributed by atoms with E-state index in [1.165, 1.54) is 6.07 Å². The molecule has 3 rings (SSSR count). The molecule has 0 radical (unpaired) electrons. The molecule has 0 amide bonds. The molecule has 1 aliphatic carbocycles. The van der Waals surface area contributed by atoms with E-state index in [9.17, 15) is 22.4 Å². The first kappa shape index (κ1) is 21.7. The molecule has 1 N–H and O–H groups in total. The molecular formula is C18H21F4NO3S. The number of Topliss-reactive ketones (excluding diaryl/α,β-unsaturated/α-hetero) is 1. The number of rotatable bonds is 4. The van der Waals surface area contributed by atoms with E-state index in [4.69, 9.17) is 9.90 Å². The van der Waals surface area contributed by atoms with E-state index in [0.717, 1.165) is 38.8 Å². The van der Waals surface area contributed by atoms with Crippen molar-refractivity contribution in [3.63, 3.8) is 0 Å². The molecule has 1 unspecified atom stereocenters. The first-order chi connectivity index (χ1) is 12.6. The molecule has 1 aromatic carbocycles. The lowest BCUT2D eigenvalue weighted by atomic mass is 9.95. The maximum absolute atomic E-state index is 14.1. The topological polar surface area (TPSA) is 57.6 Å². The summed E-state index contributed by atoms with van der Waals surface area (Å²) in [4.78, 5) is 23.7. The quantitative estimate of drug-likeness (QED) is 0.588. The minimum Gasteiger partial charge on any atom is -0.475 e. The summed E-state index contributed by atoms with van der Waals surface area (Å²) in [6, 6.07) is 6.31. The smallest absolute Gasteiger partial charge is 0.475 e. The summed E-state index contributed by atoms with van der Waals surface area (Å²) in [5, 5.41) is 7.53. The second-order valence-corrected chi connectivity index (χ2v) is 7.40. The zero-order valence-electron chi connectivity index (χ0n) is 14.5. The van der Waals surface area contributed by atoms with Crippen molar-refractivity contribution in [3.8, 4) is 0 Å². The minimum atomic E-state index is -5.08. The molecule has 1 atom stereocenters. The molecule has 0 aromatic heterocycles. The van der Waals surface area contributed by atoms with Gasteiger partial charge in [-0.15, -0.1) is 0 Å². The Hall–Kier alpha value is -1.61. The van der Waals surface area contributed by atoms with Crippen molar-refractivity contribution in [1.29, 1.82) is 0 Å². The Morgan fingerprint density at radius 2 is 1.63 bits per heavy atom. The lowest BCUT2D eigenvalue weighted by molar-refractivity contribution is -0.192. The van der Waals surface area contributed by atoms with Gasteiger partial charge in [0.2, 0.25) is 0 Å². The van der Waals surface area contributed by atoms with Crippen LogP contribution in [0.25, 0.3) is 0 Å². The van der Waals surface area contributed by atoms with Crippen molar-refractivity contribution < 1.29 is 32.3 Å². The SMILES string of the molecule is O=C(C1CC1)C(c1ccccc1F)N1CCC(S)CC1.O=C(O)C(F)(F)F. The van der Waals surface area contributed by atoms with Gasteiger partial charge in [0.1, 0.15) is 5.82 Å². The van der Waals surface area contributed by atoms with Crippen molar-refractivity contribution in [1.82, 2.24) is 4.90 Å². The summed E-state index contributed by atoms with van der Waals surface area (Å²) in [7, 11) is 0. The molecule has 2 fully saturated rings. The van der Waals surface area contributed by atoms with Crippen LogP contribution in [-0.4, -0.2) is 46.3 Å². The van der Waals surface area contributed by atoms with Crippen LogP contribution in [0, 0.1) is 11.7 Å². The van der Waals surface area contributed by atoms with Crippen LogP contribution >= 0.6 is 12.6 Å². The highest BCUT2D eigenvalue weighted by atomic mass is 32.1. The number of benzene rings is 1. The van der Waals surface area contributed by atoms with Gasteiger partial charge in [-0.05, 0) is 31.7 Å². The fourth-order valence-electron chi connectivity index (χ4n) is 2.96. The summed E-state index contributed by atoms with van der Waals surface area (Å²) in [6.45, 7) is 1.65. The summed E-state index contributed by atoms with van der Waals surface area (Å²) in [5.74, 6) is -2.67. The van der Waals surface area contributed by atoms with E-state index in [2.05, 4.69) is 17.5 Å². The third-order valence-electron chi connectivity index (χ3n) is 4.56. The molecule has 1 saturated carbocycles. The standard InChI is InChI=1S/C16H20FNOS.C2HF3O2/c17-14-4-2-1-3-13(14)15(16(19)11-5-6-11)18-9-7-12(20)8-10-18;3-2(4,5)1(6)7/h1-4,11-12,15,20H,5-10H2;(H,6,7). The average molecular weight is 407 g/mol. The van der Waals surface area contributed by atoms with Crippen LogP contribution in [0.5, 0.6) is 0 Å². The Bertz CT molecular complexity index is 671. The molecule has 4 nitrogen and oxygen atoms in total. The molecule has 0 bridgehead atoms. The number of halogens is 4. The number of hydrogen-bond donors (Lipinski definition) is 2. The zero-order chi connectivity index (χ0) is 20.2. The Kier molecular flexibility index (Phi) is 7.27. The van der Waals surface area contributed by atoms with Crippen LogP contribution in [0.3, 0.4) is 0 Å². The molecule has 1 aromatic rings. The Balaban J connectivity index is 0.000000321. The van der Waals surface area contributed by atoms with Gasteiger partial charge in [-0.3, -0.25) is 9.69 Å². The van der Waals surface area contributed by atoms with E-state index in [1.807, 2.05) is 6.07 Å². The van der Waals surface area contributed by atoms with Gasteiger partial charge in [-0.25, -0.2) is 9.18 Å². The molecule has 1 aliphatic heterocycles. The van der Waals surface area contributed by atoms with Gasteiger partial charge in [-0.1, -0.05) is 18.2 Å². The number of carboxylic acids is 1. The van der Waals surface area contributed by atoms with E-state index >= 15 is 0 Å². The number of ketones is 1. The van der Waals surface area contributed by atoms with Gasteiger partial charge in [0.25, 0.3) is 0 Å². The van der Waals surface area contributed by atoms with Crippen LogP contribution in [0.15, 0.2) is 24.3 Å². The fraction of sp³-hybridized carbons (Fsp3) is 0.556. The minimum absolute atomic E-state index is 0.147. The van der Waals surface area contributed by atoms with Gasteiger partial charge in [0.05, 0.1) is 6.04 Å². The molecule has 9 heteroatoms. The number of carbonyl (C=O) groups excluding carboxylic acids is 1. The first-order valence-corrected chi connectivity index (χ1v) is 9.13. The van der Waals surface area contributed by atoms with Crippen molar-refractivity contribution >= 4 is 24.4 Å². The molecule has 1 saturated heterocycles. The number of piperidine rings is 1. The van der Waals surface area contributed by atoms with E-state index in [1.54, 1.807) is 12.1 Å². The number of likely N-dealkylation sites (tertiary alicyclic amines) is 1. The van der Waals surface area contributed by atoms with Crippen LogP contribution < -0.4 is 0 Å². The highest BCUT2D eigenvalue weighted by Gasteiger charge is 2.40. The second-order valence-electron chi connectivity index (χ2n) is 6.67. The Labute approximate surface area is 159 Å². The highest BCUT2D eigenvalue weighted by Crippen LogP contribution is 2.38. The Morgan fingerprint density at radius 1 is 1.11 bits per heavy atom. The van der Waals surface area contributed by atoms with Crippen molar-refractivity contribution in [2.24, 2.45) is 5.92 Å². The van der Waals surface area contributed by atoms with Crippen molar-refractivity contribution in [2.45, 2.75) is 43.2 Å². The number of nitrogens with zero attached hydrogens (tertiary/aromatic N) is 1. The van der Waals surface area contributed by atoms with Crippen molar-refractivity contribution in [3.05, 3.63) is 35.6 Å². The summed E-state index contributed by atoms with van der Waals surface area (Å²) in [5.41, 5.74) is 0.544. The third kappa shape index (κ3) is 6.21. The molecule has 27 heavy (non-hydrogen) atoms. The van der Waals surface area contributed by atoms with Crippen LogP contribution in [-0.2, 0) is 9.59 Å². The van der Waals surface area contributed by atoms with E-state index in [-0.39, 0.29) is 17.5 Å². The van der Waals surface area contributed by atoms with Gasteiger partial charge in [0, 0.05) is 29.8 Å². The largest absolute Gasteiger partial charge is 0.490 e. The number of alkyl halides is 3. The number of carboxylic acid groups (broad SMARTS) is 1. The third-order valence-corrected chi connectivity index (χ3v) is 5.07. The second kappa shape index (κ2) is 9.05. The van der Waals surface area contributed by atoms with Crippen LogP contribution in [0.1, 0.15) is 37.3 Å². The maximum atomic E-state index is 14.1. The monoisotopic (exact) mass is 407 g/mol. The summed E-state index contributed by atoms with van der Waals surface area (Å²) >= 11 is 4.50. The summed E-state index contributed by atoms with van der Waals surface area (Å²) in [6.07, 6.45) is -1.22. The van der Waals surface area contributed by atoms with Crippen LogP contribution in [0.4, 0.5) is 17.6 Å². The van der Waals surface area contributed by atoms with Gasteiger partial charge in [0.15, 0.2) is 5.78 Å². The molecule has 150 valence electrons. The summed E-state index contributed by atoms with van der Waals surface area (Å²) < 4.78 is 45.9. The number of thiol groups is 1. The van der Waals surface area contributed by atoms with Crippen molar-refractivity contribution in [2.75, 3.05) is 13.1 Å². The normalized spacial score (nSPS) is 19.7. The molecule has 1 heterocycles. The number of carbonyl (C=O) groups is 2. The lowest BCUT2D eigenvalue weighted by Crippen LogP contribution is -2.41. The molecule has 0 spiro atoms. The van der Waals surface area contributed by atoms with Gasteiger partial charge < -0.3 is 5.11 Å². The van der Waals surface area contributed by atoms with Crippen LogP contribution in [0.2, 0.25) is 0 Å². The predicted octanol–water partition coefficient (Wildman–Crippen LogP) is 3.87. The predicted molar refractivity (Wildman–Crippen MR) is 94.1 cm³/mol. The average Bonchev–Trinajstić information content (AvgIpc) is 3.43. The maximum Gasteiger partial charge on any atom is 0.490 e. The van der Waals surface area contributed by atoms with Gasteiger partial charge in [-0.2, -0.15) is 25.8 Å². The number of aliphatic carboxylic acids is 1. The lowest BCUT2D eigenvalue weighted by Gasteiger charge is -2.36. The highest BCUT2D eigenvalue weighted by molar-refractivity contribution is 7.80. The first-order valence-electron chi connectivity index (χ1n) is 8.61. The molecule has 2 aliphatic rings. The van der Waals surface area contributed by atoms with E-state index in [0.29, 0.717) is 10.8 Å². The zero-order valence-corrected chi connectivity index (χ0v) is 15.3. The van der Waals surface area contributed by atoms with E-state index < -0.39 is 18.2 Å². The molecular weight excluding hydrogens is 386 g/mol. The number of hydrogen-bond acceptors (Lipinski definition) is 4. The van der Waals surface area contributed by atoms with Gasteiger partial charge >= 0.3 is 12.1 Å².